The molecule has 1 aliphatic carbocycles. The van der Waals surface area contributed by atoms with Gasteiger partial charge in [-0.15, -0.1) is 0 Å². The second-order valence-electron chi connectivity index (χ2n) is 4.65. The fourth-order valence-corrected chi connectivity index (χ4v) is 2.21. The summed E-state index contributed by atoms with van der Waals surface area (Å²) in [5.74, 6) is -1.69. The number of benzene rings is 1. The standard InChI is InChI=1S/C13H14F2O2/c14-11-3-1-2-9(12(11)15)8-13(17)6-4-10(16)5-7-13/h1-3,17H,4-8H2. The first-order valence-electron chi connectivity index (χ1n) is 5.67. The summed E-state index contributed by atoms with van der Waals surface area (Å²) in [4.78, 5) is 11.1. The monoisotopic (exact) mass is 240 g/mol. The van der Waals surface area contributed by atoms with Crippen LogP contribution in [0.1, 0.15) is 31.2 Å². The van der Waals surface area contributed by atoms with Gasteiger partial charge < -0.3 is 5.11 Å². The molecule has 0 radical (unpaired) electrons. The van der Waals surface area contributed by atoms with Gasteiger partial charge in [0.1, 0.15) is 5.78 Å². The molecule has 0 bridgehead atoms. The van der Waals surface area contributed by atoms with E-state index in [0.717, 1.165) is 6.07 Å². The van der Waals surface area contributed by atoms with E-state index in [2.05, 4.69) is 0 Å². The smallest absolute Gasteiger partial charge is 0.162 e. The van der Waals surface area contributed by atoms with Gasteiger partial charge in [0.15, 0.2) is 11.6 Å². The number of ketones is 1. The van der Waals surface area contributed by atoms with Crippen molar-refractivity contribution in [2.75, 3.05) is 0 Å². The number of carbonyl (C=O) groups excluding carboxylic acids is 1. The number of Topliss-reactive ketones (excluding diaryl/α,β-unsaturated/α-hetero) is 1. The molecule has 92 valence electrons. The van der Waals surface area contributed by atoms with Crippen LogP contribution in [-0.2, 0) is 11.2 Å². The van der Waals surface area contributed by atoms with E-state index >= 15 is 0 Å². The Labute approximate surface area is 98.3 Å². The lowest BCUT2D eigenvalue weighted by molar-refractivity contribution is -0.125. The van der Waals surface area contributed by atoms with Crippen LogP contribution < -0.4 is 0 Å². The molecule has 0 saturated heterocycles. The average molecular weight is 240 g/mol. The summed E-state index contributed by atoms with van der Waals surface area (Å²) in [6.07, 6.45) is 1.33. The van der Waals surface area contributed by atoms with E-state index in [4.69, 9.17) is 0 Å². The van der Waals surface area contributed by atoms with E-state index < -0.39 is 17.2 Å². The Hall–Kier alpha value is -1.29. The second kappa shape index (κ2) is 4.53. The van der Waals surface area contributed by atoms with Gasteiger partial charge in [0, 0.05) is 19.3 Å². The zero-order valence-corrected chi connectivity index (χ0v) is 9.38. The summed E-state index contributed by atoms with van der Waals surface area (Å²) in [5.41, 5.74) is -0.912. The summed E-state index contributed by atoms with van der Waals surface area (Å²) in [6.45, 7) is 0. The van der Waals surface area contributed by atoms with Crippen LogP contribution in [0.15, 0.2) is 18.2 Å². The maximum absolute atomic E-state index is 13.5. The average Bonchev–Trinajstić information content (AvgIpc) is 2.30. The van der Waals surface area contributed by atoms with Crippen LogP contribution in [0.5, 0.6) is 0 Å². The summed E-state index contributed by atoms with van der Waals surface area (Å²) in [7, 11) is 0. The fraction of sp³-hybridized carbons (Fsp3) is 0.462. The lowest BCUT2D eigenvalue weighted by Crippen LogP contribution is -2.36. The second-order valence-corrected chi connectivity index (χ2v) is 4.65. The lowest BCUT2D eigenvalue weighted by Gasteiger charge is -2.31. The summed E-state index contributed by atoms with van der Waals surface area (Å²) >= 11 is 0. The first-order chi connectivity index (χ1) is 8.00. The highest BCUT2D eigenvalue weighted by molar-refractivity contribution is 5.79. The van der Waals surface area contributed by atoms with Gasteiger partial charge in [-0.05, 0) is 24.5 Å². The van der Waals surface area contributed by atoms with Gasteiger partial charge in [0.2, 0.25) is 0 Å². The van der Waals surface area contributed by atoms with Crippen molar-refractivity contribution in [1.29, 1.82) is 0 Å². The first-order valence-corrected chi connectivity index (χ1v) is 5.67. The van der Waals surface area contributed by atoms with Crippen molar-refractivity contribution in [3.8, 4) is 0 Å². The van der Waals surface area contributed by atoms with Crippen LogP contribution in [0.2, 0.25) is 0 Å². The number of aliphatic hydroxyl groups is 1. The molecule has 1 saturated carbocycles. The van der Waals surface area contributed by atoms with Crippen LogP contribution in [0.4, 0.5) is 8.78 Å². The summed E-state index contributed by atoms with van der Waals surface area (Å²) < 4.78 is 26.5. The maximum Gasteiger partial charge on any atom is 0.162 e. The molecule has 1 aromatic carbocycles. The lowest BCUT2D eigenvalue weighted by atomic mass is 9.80. The van der Waals surface area contributed by atoms with Gasteiger partial charge in [-0.3, -0.25) is 4.79 Å². The van der Waals surface area contributed by atoms with Gasteiger partial charge in [0.25, 0.3) is 0 Å². The Bertz CT molecular complexity index is 433. The Kier molecular flexibility index (Phi) is 3.24. The third kappa shape index (κ3) is 2.69. The number of halogens is 2. The molecule has 1 aliphatic rings. The zero-order chi connectivity index (χ0) is 12.5. The molecule has 2 nitrogen and oxygen atoms in total. The van der Waals surface area contributed by atoms with Crippen LogP contribution in [0.25, 0.3) is 0 Å². The van der Waals surface area contributed by atoms with Crippen molar-refractivity contribution >= 4 is 5.78 Å². The highest BCUT2D eigenvalue weighted by Gasteiger charge is 2.33. The minimum atomic E-state index is -1.08. The van der Waals surface area contributed by atoms with Crippen LogP contribution in [0.3, 0.4) is 0 Å². The van der Waals surface area contributed by atoms with Gasteiger partial charge >= 0.3 is 0 Å². The predicted molar refractivity (Wildman–Crippen MR) is 58.5 cm³/mol. The van der Waals surface area contributed by atoms with Crippen molar-refractivity contribution in [3.63, 3.8) is 0 Å². The van der Waals surface area contributed by atoms with E-state index in [1.165, 1.54) is 12.1 Å². The van der Waals surface area contributed by atoms with E-state index in [-0.39, 0.29) is 17.8 Å². The minimum absolute atomic E-state index is 0.0594. The van der Waals surface area contributed by atoms with Gasteiger partial charge in [-0.1, -0.05) is 12.1 Å². The van der Waals surface area contributed by atoms with Crippen LogP contribution in [-0.4, -0.2) is 16.5 Å². The minimum Gasteiger partial charge on any atom is -0.390 e. The number of carbonyl (C=O) groups is 1. The quantitative estimate of drug-likeness (QED) is 0.861. The number of hydrogen-bond donors (Lipinski definition) is 1. The van der Waals surface area contributed by atoms with Crippen molar-refractivity contribution in [1.82, 2.24) is 0 Å². The van der Waals surface area contributed by atoms with Crippen LogP contribution >= 0.6 is 0 Å². The molecule has 2 rings (SSSR count). The molecular weight excluding hydrogens is 226 g/mol. The van der Waals surface area contributed by atoms with Crippen molar-refractivity contribution in [2.45, 2.75) is 37.7 Å². The Morgan fingerprint density at radius 3 is 2.53 bits per heavy atom. The molecule has 4 heteroatoms. The molecular formula is C13H14F2O2. The van der Waals surface area contributed by atoms with E-state index in [1.54, 1.807) is 0 Å². The zero-order valence-electron chi connectivity index (χ0n) is 9.38. The molecule has 0 aromatic heterocycles. The fourth-order valence-electron chi connectivity index (χ4n) is 2.21. The molecule has 1 fully saturated rings. The van der Waals surface area contributed by atoms with E-state index in [1.807, 2.05) is 0 Å². The predicted octanol–water partition coefficient (Wildman–Crippen LogP) is 2.38. The molecule has 0 unspecified atom stereocenters. The normalized spacial score (nSPS) is 19.4. The maximum atomic E-state index is 13.5. The van der Waals surface area contributed by atoms with Gasteiger partial charge in [-0.2, -0.15) is 0 Å². The SMILES string of the molecule is O=C1CCC(O)(Cc2cccc(F)c2F)CC1. The van der Waals surface area contributed by atoms with Crippen molar-refractivity contribution in [2.24, 2.45) is 0 Å². The molecule has 1 aromatic rings. The molecule has 1 N–H and O–H groups in total. The van der Waals surface area contributed by atoms with E-state index in [0.29, 0.717) is 25.7 Å². The molecule has 17 heavy (non-hydrogen) atoms. The molecule has 0 heterocycles. The Morgan fingerprint density at radius 1 is 1.24 bits per heavy atom. The highest BCUT2D eigenvalue weighted by Crippen LogP contribution is 2.30. The molecule has 0 amide bonds. The Balaban J connectivity index is 2.15. The third-order valence-electron chi connectivity index (χ3n) is 3.29. The highest BCUT2D eigenvalue weighted by atomic mass is 19.2. The molecule has 0 spiro atoms. The molecule has 0 aliphatic heterocycles. The number of hydrogen-bond acceptors (Lipinski definition) is 2. The topological polar surface area (TPSA) is 37.3 Å². The summed E-state index contributed by atoms with van der Waals surface area (Å²) in [5, 5.41) is 10.2. The third-order valence-corrected chi connectivity index (χ3v) is 3.29. The summed E-state index contributed by atoms with van der Waals surface area (Å²) in [6, 6.07) is 3.94. The number of rotatable bonds is 2. The van der Waals surface area contributed by atoms with E-state index in [9.17, 15) is 18.7 Å². The van der Waals surface area contributed by atoms with Crippen LogP contribution in [0, 0.1) is 11.6 Å². The molecule has 0 atom stereocenters. The van der Waals surface area contributed by atoms with Crippen molar-refractivity contribution < 1.29 is 18.7 Å². The Morgan fingerprint density at radius 2 is 1.88 bits per heavy atom. The van der Waals surface area contributed by atoms with Crippen molar-refractivity contribution in [3.05, 3.63) is 35.4 Å². The van der Waals surface area contributed by atoms with Gasteiger partial charge in [0.05, 0.1) is 5.60 Å². The van der Waals surface area contributed by atoms with Gasteiger partial charge in [-0.25, -0.2) is 8.78 Å². The first kappa shape index (κ1) is 12.2. The largest absolute Gasteiger partial charge is 0.390 e.